The summed E-state index contributed by atoms with van der Waals surface area (Å²) < 4.78 is 0. The van der Waals surface area contributed by atoms with Gasteiger partial charge in [0.05, 0.1) is 17.4 Å². The number of amides is 1. The molecular weight excluding hydrogens is 326 g/mol. The quantitative estimate of drug-likeness (QED) is 0.727. The molecule has 6 heteroatoms. The SMILES string of the molecule is Cc1cnc(C(=O)N2CCN(Cc3cccc4cccnc34)CC2)cn1. The van der Waals surface area contributed by atoms with Crippen LogP contribution in [0.2, 0.25) is 0 Å². The summed E-state index contributed by atoms with van der Waals surface area (Å²) in [6.07, 6.45) is 5.04. The van der Waals surface area contributed by atoms with Gasteiger partial charge in [0.1, 0.15) is 5.69 Å². The van der Waals surface area contributed by atoms with Gasteiger partial charge in [0.2, 0.25) is 0 Å². The molecule has 0 bridgehead atoms. The number of carbonyl (C=O) groups excluding carboxylic acids is 1. The molecule has 1 amide bonds. The second-order valence-corrected chi connectivity index (χ2v) is 6.60. The number of aromatic nitrogens is 3. The molecule has 132 valence electrons. The number of fused-ring (bicyclic) bond motifs is 1. The van der Waals surface area contributed by atoms with Crippen LogP contribution in [0.5, 0.6) is 0 Å². The van der Waals surface area contributed by atoms with Crippen LogP contribution in [0.4, 0.5) is 0 Å². The predicted molar refractivity (Wildman–Crippen MR) is 99.7 cm³/mol. The van der Waals surface area contributed by atoms with Gasteiger partial charge in [0.15, 0.2) is 0 Å². The Morgan fingerprint density at radius 1 is 1.00 bits per heavy atom. The van der Waals surface area contributed by atoms with Crippen molar-refractivity contribution in [2.45, 2.75) is 13.5 Å². The van der Waals surface area contributed by atoms with Gasteiger partial charge in [-0.3, -0.25) is 19.7 Å². The van der Waals surface area contributed by atoms with E-state index in [4.69, 9.17) is 0 Å². The monoisotopic (exact) mass is 347 g/mol. The highest BCUT2D eigenvalue weighted by Crippen LogP contribution is 2.18. The highest BCUT2D eigenvalue weighted by atomic mass is 16.2. The zero-order chi connectivity index (χ0) is 17.9. The smallest absolute Gasteiger partial charge is 0.274 e. The van der Waals surface area contributed by atoms with Crippen molar-refractivity contribution in [2.24, 2.45) is 0 Å². The molecule has 0 aliphatic carbocycles. The highest BCUT2D eigenvalue weighted by Gasteiger charge is 2.23. The summed E-state index contributed by atoms with van der Waals surface area (Å²) in [5.74, 6) is -0.0380. The Morgan fingerprint density at radius 3 is 2.58 bits per heavy atom. The molecule has 0 spiro atoms. The van der Waals surface area contributed by atoms with E-state index in [1.165, 1.54) is 5.56 Å². The number of nitrogens with zero attached hydrogens (tertiary/aromatic N) is 5. The van der Waals surface area contributed by atoms with Crippen LogP contribution in [0.3, 0.4) is 0 Å². The van der Waals surface area contributed by atoms with Crippen LogP contribution in [0.1, 0.15) is 21.7 Å². The number of piperazine rings is 1. The summed E-state index contributed by atoms with van der Waals surface area (Å²) in [6, 6.07) is 10.4. The maximum Gasteiger partial charge on any atom is 0.274 e. The number of carbonyl (C=O) groups is 1. The number of para-hydroxylation sites is 1. The van der Waals surface area contributed by atoms with Crippen LogP contribution >= 0.6 is 0 Å². The second kappa shape index (κ2) is 7.17. The van der Waals surface area contributed by atoms with Crippen LogP contribution in [0.25, 0.3) is 10.9 Å². The minimum atomic E-state index is -0.0380. The molecule has 0 atom stereocenters. The number of pyridine rings is 1. The van der Waals surface area contributed by atoms with Crippen molar-refractivity contribution in [3.05, 3.63) is 65.9 Å². The minimum Gasteiger partial charge on any atom is -0.335 e. The topological polar surface area (TPSA) is 62.2 Å². The van der Waals surface area contributed by atoms with E-state index in [0.717, 1.165) is 36.2 Å². The predicted octanol–water partition coefficient (Wildman–Crippen LogP) is 2.29. The number of hydrogen-bond acceptors (Lipinski definition) is 5. The zero-order valence-corrected chi connectivity index (χ0v) is 14.8. The summed E-state index contributed by atoms with van der Waals surface area (Å²) >= 11 is 0. The maximum absolute atomic E-state index is 12.5. The first-order chi connectivity index (χ1) is 12.7. The summed E-state index contributed by atoms with van der Waals surface area (Å²) in [5.41, 5.74) is 3.52. The molecule has 2 aromatic heterocycles. The first-order valence-electron chi connectivity index (χ1n) is 8.83. The molecule has 1 aromatic carbocycles. The van der Waals surface area contributed by atoms with E-state index in [1.807, 2.05) is 24.1 Å². The molecule has 1 fully saturated rings. The molecule has 6 nitrogen and oxygen atoms in total. The van der Waals surface area contributed by atoms with E-state index in [0.29, 0.717) is 18.8 Å². The van der Waals surface area contributed by atoms with Gasteiger partial charge in [0, 0.05) is 50.5 Å². The molecule has 26 heavy (non-hydrogen) atoms. The van der Waals surface area contributed by atoms with Crippen molar-refractivity contribution in [3.8, 4) is 0 Å². The normalized spacial score (nSPS) is 15.3. The number of benzene rings is 1. The molecule has 3 heterocycles. The van der Waals surface area contributed by atoms with Crippen molar-refractivity contribution >= 4 is 16.8 Å². The van der Waals surface area contributed by atoms with Crippen molar-refractivity contribution < 1.29 is 4.79 Å². The van der Waals surface area contributed by atoms with Crippen molar-refractivity contribution in [1.29, 1.82) is 0 Å². The standard InChI is InChI=1S/C20H21N5O/c1-15-12-23-18(13-22-15)20(26)25-10-8-24(9-11-25)14-17-5-2-4-16-6-3-7-21-19(16)17/h2-7,12-13H,8-11,14H2,1H3. The molecule has 3 aromatic rings. The third-order valence-electron chi connectivity index (χ3n) is 4.77. The lowest BCUT2D eigenvalue weighted by molar-refractivity contribution is 0.0622. The zero-order valence-electron chi connectivity index (χ0n) is 14.8. The van der Waals surface area contributed by atoms with Crippen LogP contribution in [-0.2, 0) is 6.54 Å². The molecular formula is C20H21N5O. The largest absolute Gasteiger partial charge is 0.335 e. The Kier molecular flexibility index (Phi) is 4.58. The molecule has 1 aliphatic heterocycles. The third kappa shape index (κ3) is 3.41. The first-order valence-corrected chi connectivity index (χ1v) is 8.83. The Hall–Kier alpha value is -2.86. The molecule has 0 saturated carbocycles. The van der Waals surface area contributed by atoms with Gasteiger partial charge in [-0.15, -0.1) is 0 Å². The van der Waals surface area contributed by atoms with Gasteiger partial charge in [-0.05, 0) is 18.6 Å². The van der Waals surface area contributed by atoms with Crippen molar-refractivity contribution in [2.75, 3.05) is 26.2 Å². The third-order valence-corrected chi connectivity index (χ3v) is 4.77. The van der Waals surface area contributed by atoms with Crippen LogP contribution < -0.4 is 0 Å². The second-order valence-electron chi connectivity index (χ2n) is 6.60. The Labute approximate surface area is 152 Å². The fourth-order valence-electron chi connectivity index (χ4n) is 3.31. The molecule has 0 radical (unpaired) electrons. The van der Waals surface area contributed by atoms with Crippen molar-refractivity contribution in [3.63, 3.8) is 0 Å². The van der Waals surface area contributed by atoms with E-state index in [1.54, 1.807) is 12.4 Å². The van der Waals surface area contributed by atoms with E-state index in [9.17, 15) is 4.79 Å². The lowest BCUT2D eigenvalue weighted by atomic mass is 10.1. The summed E-state index contributed by atoms with van der Waals surface area (Å²) in [4.78, 5) is 29.7. The average Bonchev–Trinajstić information content (AvgIpc) is 2.69. The van der Waals surface area contributed by atoms with Crippen LogP contribution in [0, 0.1) is 6.92 Å². The molecule has 0 N–H and O–H groups in total. The van der Waals surface area contributed by atoms with Gasteiger partial charge in [0.25, 0.3) is 5.91 Å². The summed E-state index contributed by atoms with van der Waals surface area (Å²) in [6.45, 7) is 5.80. The van der Waals surface area contributed by atoms with Gasteiger partial charge in [-0.2, -0.15) is 0 Å². The lowest BCUT2D eigenvalue weighted by Gasteiger charge is -2.34. The number of aryl methyl sites for hydroxylation is 1. The van der Waals surface area contributed by atoms with E-state index in [2.05, 4.69) is 44.1 Å². The number of hydrogen-bond donors (Lipinski definition) is 0. The van der Waals surface area contributed by atoms with E-state index >= 15 is 0 Å². The van der Waals surface area contributed by atoms with E-state index in [-0.39, 0.29) is 5.91 Å². The highest BCUT2D eigenvalue weighted by molar-refractivity contribution is 5.92. The molecule has 0 unspecified atom stereocenters. The summed E-state index contributed by atoms with van der Waals surface area (Å²) in [7, 11) is 0. The van der Waals surface area contributed by atoms with Gasteiger partial charge in [-0.25, -0.2) is 4.98 Å². The average molecular weight is 347 g/mol. The number of rotatable bonds is 3. The summed E-state index contributed by atoms with van der Waals surface area (Å²) in [5, 5.41) is 1.16. The molecule has 1 aliphatic rings. The fraction of sp³-hybridized carbons (Fsp3) is 0.300. The first kappa shape index (κ1) is 16.6. The van der Waals surface area contributed by atoms with Crippen molar-refractivity contribution in [1.82, 2.24) is 24.8 Å². The minimum absolute atomic E-state index is 0.0380. The van der Waals surface area contributed by atoms with Gasteiger partial charge in [-0.1, -0.05) is 24.3 Å². The Bertz CT molecular complexity index is 912. The Balaban J connectivity index is 1.40. The van der Waals surface area contributed by atoms with E-state index < -0.39 is 0 Å². The van der Waals surface area contributed by atoms with Gasteiger partial charge < -0.3 is 4.90 Å². The molecule has 1 saturated heterocycles. The lowest BCUT2D eigenvalue weighted by Crippen LogP contribution is -2.48. The van der Waals surface area contributed by atoms with Crippen LogP contribution in [0.15, 0.2) is 48.9 Å². The maximum atomic E-state index is 12.5. The van der Waals surface area contributed by atoms with Crippen LogP contribution in [-0.4, -0.2) is 56.8 Å². The van der Waals surface area contributed by atoms with Gasteiger partial charge >= 0.3 is 0 Å². The fourth-order valence-corrected chi connectivity index (χ4v) is 3.31. The Morgan fingerprint density at radius 2 is 1.81 bits per heavy atom. The molecule has 4 rings (SSSR count).